The fourth-order valence-corrected chi connectivity index (χ4v) is 2.95. The third kappa shape index (κ3) is 2.54. The molecule has 0 unspecified atom stereocenters. The topological polar surface area (TPSA) is 92.0 Å². The van der Waals surface area contributed by atoms with Gasteiger partial charge in [-0.3, -0.25) is 4.79 Å². The summed E-state index contributed by atoms with van der Waals surface area (Å²) in [6, 6.07) is 9.48. The Bertz CT molecular complexity index is 1210. The minimum absolute atomic E-state index is 0.107. The van der Waals surface area contributed by atoms with Crippen LogP contribution < -0.4 is 5.56 Å². The Morgan fingerprint density at radius 3 is 2.73 bits per heavy atom. The third-order valence-electron chi connectivity index (χ3n) is 4.21. The summed E-state index contributed by atoms with van der Waals surface area (Å²) in [5.74, 6) is -0.643. The van der Waals surface area contributed by atoms with E-state index in [1.165, 1.54) is 12.1 Å². The minimum atomic E-state index is -0.642. The molecule has 0 aliphatic heterocycles. The molecule has 2 aromatic heterocycles. The predicted octanol–water partition coefficient (Wildman–Crippen LogP) is 3.71. The molecule has 130 valence electrons. The van der Waals surface area contributed by atoms with E-state index in [0.29, 0.717) is 5.82 Å². The van der Waals surface area contributed by atoms with Crippen molar-refractivity contribution in [2.75, 3.05) is 0 Å². The number of aromatic nitrogens is 3. The highest BCUT2D eigenvalue weighted by Crippen LogP contribution is 2.32. The van der Waals surface area contributed by atoms with Crippen LogP contribution >= 0.6 is 0 Å². The van der Waals surface area contributed by atoms with Gasteiger partial charge in [-0.15, -0.1) is 0 Å². The van der Waals surface area contributed by atoms with Crippen molar-refractivity contribution in [3.63, 3.8) is 0 Å². The van der Waals surface area contributed by atoms with Crippen molar-refractivity contribution in [3.05, 3.63) is 63.7 Å². The van der Waals surface area contributed by atoms with Crippen molar-refractivity contribution in [2.45, 2.75) is 13.8 Å². The van der Waals surface area contributed by atoms with Crippen molar-refractivity contribution in [2.24, 2.45) is 0 Å². The number of H-pyrrole nitrogens is 1. The first-order chi connectivity index (χ1) is 12.4. The van der Waals surface area contributed by atoms with E-state index in [2.05, 4.69) is 15.1 Å². The summed E-state index contributed by atoms with van der Waals surface area (Å²) in [6.45, 7) is 3.90. The molecule has 0 aliphatic rings. The Morgan fingerprint density at radius 1 is 1.15 bits per heavy atom. The Labute approximate surface area is 146 Å². The van der Waals surface area contributed by atoms with Crippen LogP contribution in [0.3, 0.4) is 0 Å². The lowest BCUT2D eigenvalue weighted by Crippen LogP contribution is -2.09. The molecule has 0 fully saturated rings. The third-order valence-corrected chi connectivity index (χ3v) is 4.21. The van der Waals surface area contributed by atoms with Crippen LogP contribution in [0, 0.1) is 19.7 Å². The van der Waals surface area contributed by atoms with Gasteiger partial charge in [0, 0.05) is 10.9 Å². The first kappa shape index (κ1) is 16.0. The molecule has 4 aromatic rings. The van der Waals surface area contributed by atoms with Crippen molar-refractivity contribution in [3.8, 4) is 28.6 Å². The minimum Gasteiger partial charge on any atom is -0.506 e. The molecular formula is C19H14FN3O3. The van der Waals surface area contributed by atoms with E-state index < -0.39 is 11.4 Å². The van der Waals surface area contributed by atoms with E-state index in [9.17, 15) is 14.3 Å². The van der Waals surface area contributed by atoms with Gasteiger partial charge in [0.05, 0.1) is 5.52 Å². The Hall–Kier alpha value is -3.48. The molecular weight excluding hydrogens is 337 g/mol. The molecule has 26 heavy (non-hydrogen) atoms. The van der Waals surface area contributed by atoms with Gasteiger partial charge in [0.2, 0.25) is 5.82 Å². The summed E-state index contributed by atoms with van der Waals surface area (Å²) in [7, 11) is 0. The van der Waals surface area contributed by atoms with Crippen LogP contribution in [0.2, 0.25) is 0 Å². The number of aromatic hydroxyl groups is 1. The number of halogens is 1. The van der Waals surface area contributed by atoms with Crippen molar-refractivity contribution in [1.82, 2.24) is 15.1 Å². The molecule has 4 rings (SSSR count). The maximum Gasteiger partial charge on any atom is 0.267 e. The molecule has 7 heteroatoms. The van der Waals surface area contributed by atoms with Crippen molar-refractivity contribution < 1.29 is 14.0 Å². The molecule has 0 amide bonds. The number of benzene rings is 2. The Morgan fingerprint density at radius 2 is 1.96 bits per heavy atom. The molecule has 0 aliphatic carbocycles. The largest absolute Gasteiger partial charge is 0.506 e. The first-order valence-electron chi connectivity index (χ1n) is 7.90. The summed E-state index contributed by atoms with van der Waals surface area (Å²) in [4.78, 5) is 19.1. The van der Waals surface area contributed by atoms with Gasteiger partial charge in [0.1, 0.15) is 17.1 Å². The molecule has 0 saturated heterocycles. The summed E-state index contributed by atoms with van der Waals surface area (Å²) in [5.41, 5.74) is 2.23. The SMILES string of the molecule is Cc1ccc(-c2noc(-c3c(O)c4ccc(F)cc4[nH]c3=O)n2)c(C)c1. The number of aromatic amines is 1. The van der Waals surface area contributed by atoms with E-state index in [-0.39, 0.29) is 28.1 Å². The van der Waals surface area contributed by atoms with E-state index in [4.69, 9.17) is 4.52 Å². The average molecular weight is 351 g/mol. The second-order valence-electron chi connectivity index (χ2n) is 6.11. The number of hydrogen-bond donors (Lipinski definition) is 2. The summed E-state index contributed by atoms with van der Waals surface area (Å²) in [5, 5.41) is 14.7. The van der Waals surface area contributed by atoms with Crippen LogP contribution in [-0.2, 0) is 0 Å². The summed E-state index contributed by atoms with van der Waals surface area (Å²) < 4.78 is 18.5. The van der Waals surface area contributed by atoms with Crippen molar-refractivity contribution in [1.29, 1.82) is 0 Å². The maximum absolute atomic E-state index is 13.3. The average Bonchev–Trinajstić information content (AvgIpc) is 3.03. The number of nitrogens with zero attached hydrogens (tertiary/aromatic N) is 2. The quantitative estimate of drug-likeness (QED) is 0.574. The number of pyridine rings is 1. The van der Waals surface area contributed by atoms with Crippen LogP contribution in [0.5, 0.6) is 5.75 Å². The molecule has 2 N–H and O–H groups in total. The highest BCUT2D eigenvalue weighted by molar-refractivity contribution is 5.90. The molecule has 0 bridgehead atoms. The zero-order valence-electron chi connectivity index (χ0n) is 14.0. The highest BCUT2D eigenvalue weighted by atomic mass is 19.1. The van der Waals surface area contributed by atoms with Gasteiger partial charge in [-0.1, -0.05) is 28.9 Å². The molecule has 2 heterocycles. The fraction of sp³-hybridized carbons (Fsp3) is 0.105. The van der Waals surface area contributed by atoms with Gasteiger partial charge < -0.3 is 14.6 Å². The molecule has 0 radical (unpaired) electrons. The number of hydrogen-bond acceptors (Lipinski definition) is 5. The lowest BCUT2D eigenvalue weighted by Gasteiger charge is -2.04. The lowest BCUT2D eigenvalue weighted by atomic mass is 10.1. The maximum atomic E-state index is 13.3. The fourth-order valence-electron chi connectivity index (χ4n) is 2.95. The predicted molar refractivity (Wildman–Crippen MR) is 94.4 cm³/mol. The second kappa shape index (κ2) is 5.80. The number of rotatable bonds is 2. The van der Waals surface area contributed by atoms with Gasteiger partial charge in [-0.25, -0.2) is 4.39 Å². The molecule has 0 spiro atoms. The van der Waals surface area contributed by atoms with Crippen LogP contribution in [0.1, 0.15) is 11.1 Å². The highest BCUT2D eigenvalue weighted by Gasteiger charge is 2.21. The molecule has 0 saturated carbocycles. The summed E-state index contributed by atoms with van der Waals surface area (Å²) >= 11 is 0. The molecule has 6 nitrogen and oxygen atoms in total. The van der Waals surface area contributed by atoms with Crippen LogP contribution in [0.15, 0.2) is 45.7 Å². The van der Waals surface area contributed by atoms with E-state index in [0.717, 1.165) is 22.8 Å². The lowest BCUT2D eigenvalue weighted by molar-refractivity contribution is 0.426. The number of nitrogens with one attached hydrogen (secondary N) is 1. The Balaban J connectivity index is 1.88. The van der Waals surface area contributed by atoms with Gasteiger partial charge >= 0.3 is 0 Å². The zero-order valence-corrected chi connectivity index (χ0v) is 14.0. The van der Waals surface area contributed by atoms with E-state index >= 15 is 0 Å². The van der Waals surface area contributed by atoms with Gasteiger partial charge in [0.25, 0.3) is 11.4 Å². The van der Waals surface area contributed by atoms with Crippen LogP contribution in [0.4, 0.5) is 4.39 Å². The smallest absolute Gasteiger partial charge is 0.267 e. The monoisotopic (exact) mass is 351 g/mol. The van der Waals surface area contributed by atoms with Gasteiger partial charge in [-0.2, -0.15) is 4.98 Å². The molecule has 2 aromatic carbocycles. The standard InChI is InChI=1S/C19H14FN3O3/c1-9-3-5-12(10(2)7-9)17-22-19(26-23-17)15-16(24)13-6-4-11(20)8-14(13)21-18(15)25/h3-8H,1-2H3,(H2,21,24,25). The first-order valence-corrected chi connectivity index (χ1v) is 7.90. The van der Waals surface area contributed by atoms with E-state index in [1.54, 1.807) is 0 Å². The van der Waals surface area contributed by atoms with Crippen LogP contribution in [-0.4, -0.2) is 20.2 Å². The van der Waals surface area contributed by atoms with Crippen LogP contribution in [0.25, 0.3) is 33.7 Å². The number of fused-ring (bicyclic) bond motifs is 1. The second-order valence-corrected chi connectivity index (χ2v) is 6.11. The number of aryl methyl sites for hydroxylation is 2. The van der Waals surface area contributed by atoms with Gasteiger partial charge in [-0.05, 0) is 37.6 Å². The van der Waals surface area contributed by atoms with E-state index in [1.807, 2.05) is 32.0 Å². The van der Waals surface area contributed by atoms with Gasteiger partial charge in [0.15, 0.2) is 0 Å². The zero-order chi connectivity index (χ0) is 18.4. The Kier molecular flexibility index (Phi) is 3.57. The van der Waals surface area contributed by atoms with Crippen molar-refractivity contribution >= 4 is 10.9 Å². The normalized spacial score (nSPS) is 11.2. The summed E-state index contributed by atoms with van der Waals surface area (Å²) in [6.07, 6.45) is 0. The molecule has 0 atom stereocenters.